The van der Waals surface area contributed by atoms with Crippen molar-refractivity contribution in [3.8, 4) is 11.4 Å². The number of nitrogens with one attached hydrogen (secondary N) is 1. The first-order chi connectivity index (χ1) is 15.6. The average Bonchev–Trinajstić information content (AvgIpc) is 3.20. The van der Waals surface area contributed by atoms with Gasteiger partial charge in [0, 0.05) is 19.1 Å². The Labute approximate surface area is 188 Å². The number of hydrogen-bond acceptors (Lipinski definition) is 5. The first kappa shape index (κ1) is 20.1. The van der Waals surface area contributed by atoms with Crippen molar-refractivity contribution in [2.45, 2.75) is 57.1 Å². The number of para-hydroxylation sites is 1. The van der Waals surface area contributed by atoms with Crippen molar-refractivity contribution in [1.82, 2.24) is 15.1 Å². The van der Waals surface area contributed by atoms with Crippen LogP contribution in [-0.2, 0) is 0 Å². The molecule has 2 heterocycles. The van der Waals surface area contributed by atoms with Gasteiger partial charge in [-0.1, -0.05) is 18.2 Å². The molecule has 0 radical (unpaired) electrons. The molecule has 2 N–H and O–H groups in total. The fourth-order valence-electron chi connectivity index (χ4n) is 6.95. The molecule has 1 saturated heterocycles. The fourth-order valence-corrected chi connectivity index (χ4v) is 6.95. The molecule has 0 atom stereocenters. The van der Waals surface area contributed by atoms with E-state index >= 15 is 0 Å². The lowest BCUT2D eigenvalue weighted by atomic mass is 9.54. The van der Waals surface area contributed by atoms with Crippen LogP contribution in [0.5, 0.6) is 5.75 Å². The van der Waals surface area contributed by atoms with E-state index in [0.29, 0.717) is 43.5 Å². The molecule has 4 bridgehead atoms. The second kappa shape index (κ2) is 8.10. The molecular formula is C25H32N4O3. The second-order valence-corrected chi connectivity index (χ2v) is 10.3. The Morgan fingerprint density at radius 3 is 2.31 bits per heavy atom. The summed E-state index contributed by atoms with van der Waals surface area (Å²) in [6, 6.07) is 10.1. The summed E-state index contributed by atoms with van der Waals surface area (Å²) in [5.74, 6) is 4.21. The van der Waals surface area contributed by atoms with Crippen LogP contribution in [0.1, 0.15) is 44.9 Å². The zero-order valence-corrected chi connectivity index (χ0v) is 18.4. The summed E-state index contributed by atoms with van der Waals surface area (Å²) in [5, 5.41) is 17.8. The lowest BCUT2D eigenvalue weighted by Gasteiger charge is -2.54. The molecule has 1 amide bonds. The van der Waals surface area contributed by atoms with Crippen LogP contribution < -0.4 is 15.0 Å². The van der Waals surface area contributed by atoms with Gasteiger partial charge in [-0.05, 0) is 80.8 Å². The molecule has 1 aliphatic heterocycles. The van der Waals surface area contributed by atoms with E-state index in [1.165, 1.54) is 32.1 Å². The molecule has 1 aromatic heterocycles. The van der Waals surface area contributed by atoms with Gasteiger partial charge in [-0.2, -0.15) is 5.10 Å². The molecule has 7 heteroatoms. The molecule has 7 nitrogen and oxygen atoms in total. The number of ether oxygens (including phenoxy) is 1. The molecule has 0 unspecified atom stereocenters. The van der Waals surface area contributed by atoms with Gasteiger partial charge in [0.2, 0.25) is 0 Å². The van der Waals surface area contributed by atoms with Crippen LogP contribution in [0.15, 0.2) is 36.5 Å². The number of anilines is 1. The molecule has 5 fully saturated rings. The summed E-state index contributed by atoms with van der Waals surface area (Å²) < 4.78 is 7.73. The normalized spacial score (nSPS) is 31.7. The average molecular weight is 437 g/mol. The summed E-state index contributed by atoms with van der Waals surface area (Å²) >= 11 is 0. The van der Waals surface area contributed by atoms with Crippen molar-refractivity contribution >= 4 is 11.9 Å². The predicted molar refractivity (Wildman–Crippen MR) is 121 cm³/mol. The van der Waals surface area contributed by atoms with Gasteiger partial charge in [-0.3, -0.25) is 0 Å². The molecule has 7 rings (SSSR count). The smallest absolute Gasteiger partial charge is 0.405 e. The van der Waals surface area contributed by atoms with Crippen LogP contribution in [0.4, 0.5) is 10.6 Å². The molecule has 4 saturated carbocycles. The molecule has 2 aromatic rings. The van der Waals surface area contributed by atoms with Crippen molar-refractivity contribution < 1.29 is 14.6 Å². The highest BCUT2D eigenvalue weighted by Gasteiger charge is 2.48. The van der Waals surface area contributed by atoms with Crippen LogP contribution in [0.25, 0.3) is 5.69 Å². The van der Waals surface area contributed by atoms with E-state index in [1.54, 1.807) is 6.20 Å². The van der Waals surface area contributed by atoms with E-state index < -0.39 is 0 Å². The van der Waals surface area contributed by atoms with Gasteiger partial charge in [0.15, 0.2) is 11.6 Å². The number of amides is 1. The summed E-state index contributed by atoms with van der Waals surface area (Å²) in [5.41, 5.74) is 0.921. The first-order valence-electron chi connectivity index (χ1n) is 12.2. The third-order valence-electron chi connectivity index (χ3n) is 8.19. The van der Waals surface area contributed by atoms with Crippen molar-refractivity contribution in [3.63, 3.8) is 0 Å². The summed E-state index contributed by atoms with van der Waals surface area (Å²) in [4.78, 5) is 15.2. The van der Waals surface area contributed by atoms with Gasteiger partial charge in [0.25, 0.3) is 0 Å². The van der Waals surface area contributed by atoms with Gasteiger partial charge >= 0.3 is 6.09 Å². The zero-order valence-electron chi connectivity index (χ0n) is 18.4. The Bertz CT molecular complexity index is 939. The van der Waals surface area contributed by atoms with Crippen LogP contribution >= 0.6 is 0 Å². The quantitative estimate of drug-likeness (QED) is 0.763. The van der Waals surface area contributed by atoms with Gasteiger partial charge in [-0.15, -0.1) is 0 Å². The maximum absolute atomic E-state index is 13.0. The van der Waals surface area contributed by atoms with Crippen LogP contribution in [0.3, 0.4) is 0 Å². The van der Waals surface area contributed by atoms with Crippen molar-refractivity contribution in [2.75, 3.05) is 18.0 Å². The van der Waals surface area contributed by atoms with Gasteiger partial charge < -0.3 is 20.1 Å². The number of nitrogens with zero attached hydrogens (tertiary/aromatic N) is 3. The Balaban J connectivity index is 1.22. The van der Waals surface area contributed by atoms with Crippen LogP contribution in [-0.4, -0.2) is 46.2 Å². The number of piperidine rings is 1. The number of rotatable bonds is 4. The summed E-state index contributed by atoms with van der Waals surface area (Å²) in [6.45, 7) is 1.40. The van der Waals surface area contributed by atoms with E-state index in [2.05, 4.69) is 15.3 Å². The zero-order chi connectivity index (χ0) is 21.7. The van der Waals surface area contributed by atoms with Crippen molar-refractivity contribution in [2.24, 2.45) is 23.7 Å². The molecule has 5 aliphatic rings. The van der Waals surface area contributed by atoms with Gasteiger partial charge in [-0.25, -0.2) is 9.48 Å². The number of carbonyl (C=O) groups is 1. The number of aromatic nitrogens is 2. The number of hydrogen-bond donors (Lipinski definition) is 2. The SMILES string of the molecule is O=C(NC1C2CC3CC(C2)CC1C3)Oc1cnn(-c2ccccc2)c1N1CCC(O)CC1. The monoisotopic (exact) mass is 436 g/mol. The molecule has 170 valence electrons. The number of carbonyl (C=O) groups excluding carboxylic acids is 1. The molecular weight excluding hydrogens is 404 g/mol. The highest BCUT2D eigenvalue weighted by molar-refractivity contribution is 5.73. The van der Waals surface area contributed by atoms with E-state index in [1.807, 2.05) is 35.0 Å². The van der Waals surface area contributed by atoms with Crippen LogP contribution in [0.2, 0.25) is 0 Å². The van der Waals surface area contributed by atoms with Crippen molar-refractivity contribution in [3.05, 3.63) is 36.5 Å². The number of aliphatic hydroxyl groups excluding tert-OH is 1. The topological polar surface area (TPSA) is 79.6 Å². The third-order valence-corrected chi connectivity index (χ3v) is 8.19. The molecule has 32 heavy (non-hydrogen) atoms. The maximum atomic E-state index is 13.0. The Morgan fingerprint density at radius 1 is 1.00 bits per heavy atom. The minimum absolute atomic E-state index is 0.244. The second-order valence-electron chi connectivity index (χ2n) is 10.3. The van der Waals surface area contributed by atoms with Gasteiger partial charge in [0.05, 0.1) is 18.0 Å². The minimum atomic E-state index is -0.367. The predicted octanol–water partition coefficient (Wildman–Crippen LogP) is 3.75. The number of aliphatic hydroxyl groups is 1. The molecule has 0 spiro atoms. The first-order valence-corrected chi connectivity index (χ1v) is 12.2. The molecule has 1 aromatic carbocycles. The Morgan fingerprint density at radius 2 is 1.66 bits per heavy atom. The van der Waals surface area contributed by atoms with E-state index in [-0.39, 0.29) is 18.2 Å². The van der Waals surface area contributed by atoms with E-state index in [0.717, 1.165) is 23.3 Å². The Kier molecular flexibility index (Phi) is 5.09. The highest BCUT2D eigenvalue weighted by Crippen LogP contribution is 2.53. The lowest BCUT2D eigenvalue weighted by molar-refractivity contribution is -0.0114. The van der Waals surface area contributed by atoms with Gasteiger partial charge in [0.1, 0.15) is 0 Å². The lowest BCUT2D eigenvalue weighted by Crippen LogP contribution is -2.56. The Hall–Kier alpha value is -2.54. The number of benzene rings is 1. The maximum Gasteiger partial charge on any atom is 0.413 e. The largest absolute Gasteiger partial charge is 0.413 e. The fraction of sp³-hybridized carbons (Fsp3) is 0.600. The van der Waals surface area contributed by atoms with E-state index in [9.17, 15) is 9.90 Å². The summed E-state index contributed by atoms with van der Waals surface area (Å²) in [7, 11) is 0. The standard InChI is InChI=1S/C25H32N4O3/c30-21-6-8-28(9-7-21)24-22(15-26-29(24)20-4-2-1-3-5-20)32-25(31)27-23-18-11-16-10-17(13-18)14-19(23)12-16/h1-5,15-19,21,23,30H,6-14H2,(H,27,31). The van der Waals surface area contributed by atoms with Crippen LogP contribution in [0, 0.1) is 23.7 Å². The highest BCUT2D eigenvalue weighted by atomic mass is 16.6. The minimum Gasteiger partial charge on any atom is -0.405 e. The molecule has 4 aliphatic carbocycles. The summed E-state index contributed by atoms with van der Waals surface area (Å²) in [6.07, 6.45) is 8.81. The third kappa shape index (κ3) is 3.66. The van der Waals surface area contributed by atoms with E-state index in [4.69, 9.17) is 4.74 Å². The van der Waals surface area contributed by atoms with Crippen molar-refractivity contribution in [1.29, 1.82) is 0 Å².